The maximum Gasteiger partial charge on any atom is 0.330 e. The average Bonchev–Trinajstić information content (AvgIpc) is 2.44. The molecule has 1 atom stereocenters. The number of anilines is 1. The summed E-state index contributed by atoms with van der Waals surface area (Å²) in [7, 11) is 0. The first kappa shape index (κ1) is 15.9. The van der Waals surface area contributed by atoms with E-state index < -0.39 is 35.0 Å². The van der Waals surface area contributed by atoms with Crippen molar-refractivity contribution in [3.63, 3.8) is 0 Å². The Kier molecular flexibility index (Phi) is 4.44. The fraction of sp³-hybridized carbons (Fsp3) is 0.333. The van der Waals surface area contributed by atoms with Crippen molar-refractivity contribution in [2.45, 2.75) is 32.9 Å². The van der Waals surface area contributed by atoms with Gasteiger partial charge in [-0.05, 0) is 38.5 Å². The Morgan fingerprint density at radius 1 is 1.18 bits per heavy atom. The molecule has 1 unspecified atom stereocenters. The van der Waals surface area contributed by atoms with Gasteiger partial charge >= 0.3 is 5.69 Å². The van der Waals surface area contributed by atoms with Gasteiger partial charge in [-0.3, -0.25) is 14.3 Å². The number of aromatic amines is 1. The topological polar surface area (TPSA) is 66.9 Å². The van der Waals surface area contributed by atoms with Crippen LogP contribution in [0.15, 0.2) is 33.9 Å². The summed E-state index contributed by atoms with van der Waals surface area (Å²) in [5, 5.41) is 2.69. The number of hydrogen-bond acceptors (Lipinski definition) is 3. The van der Waals surface area contributed by atoms with E-state index in [0.29, 0.717) is 5.56 Å². The van der Waals surface area contributed by atoms with Gasteiger partial charge in [0.25, 0.3) is 5.56 Å². The fourth-order valence-corrected chi connectivity index (χ4v) is 2.17. The van der Waals surface area contributed by atoms with Gasteiger partial charge in [-0.2, -0.15) is 4.39 Å². The summed E-state index contributed by atoms with van der Waals surface area (Å²) in [6.07, 6.45) is 0. The van der Waals surface area contributed by atoms with E-state index in [4.69, 9.17) is 0 Å². The first-order chi connectivity index (χ1) is 10.3. The van der Waals surface area contributed by atoms with Gasteiger partial charge in [-0.25, -0.2) is 9.18 Å². The zero-order chi connectivity index (χ0) is 16.4. The minimum absolute atomic E-state index is 0.302. The number of aromatic nitrogens is 2. The molecule has 118 valence electrons. The van der Waals surface area contributed by atoms with Crippen LogP contribution < -0.4 is 16.6 Å². The van der Waals surface area contributed by atoms with Gasteiger partial charge in [0.2, 0.25) is 5.82 Å². The molecular weight excluding hydrogens is 292 g/mol. The van der Waals surface area contributed by atoms with Crippen molar-refractivity contribution in [1.29, 1.82) is 0 Å². The van der Waals surface area contributed by atoms with Crippen LogP contribution in [0.1, 0.15) is 38.4 Å². The highest BCUT2D eigenvalue weighted by Crippen LogP contribution is 2.18. The summed E-state index contributed by atoms with van der Waals surface area (Å²) in [5.74, 6) is -1.80. The molecule has 0 fully saturated rings. The van der Waals surface area contributed by atoms with Crippen molar-refractivity contribution in [2.75, 3.05) is 5.32 Å². The van der Waals surface area contributed by atoms with Gasteiger partial charge in [0, 0.05) is 6.04 Å². The Labute approximate surface area is 125 Å². The third-order valence-corrected chi connectivity index (χ3v) is 3.30. The summed E-state index contributed by atoms with van der Waals surface area (Å²) in [5.41, 5.74) is -1.13. The van der Waals surface area contributed by atoms with E-state index in [1.165, 1.54) is 18.2 Å². The lowest BCUT2D eigenvalue weighted by Crippen LogP contribution is -2.39. The molecule has 5 nitrogen and oxygen atoms in total. The summed E-state index contributed by atoms with van der Waals surface area (Å²) >= 11 is 0. The first-order valence-electron chi connectivity index (χ1n) is 6.87. The molecule has 0 bridgehead atoms. The number of nitrogens with one attached hydrogen (secondary N) is 2. The van der Waals surface area contributed by atoms with Crippen molar-refractivity contribution in [2.24, 2.45) is 0 Å². The predicted octanol–water partition coefficient (Wildman–Crippen LogP) is 2.57. The maximum atomic E-state index is 14.1. The molecule has 0 radical (unpaired) electrons. The third kappa shape index (κ3) is 3.08. The first-order valence-corrected chi connectivity index (χ1v) is 6.87. The molecule has 1 aromatic heterocycles. The van der Waals surface area contributed by atoms with Crippen LogP contribution >= 0.6 is 0 Å². The molecule has 0 saturated heterocycles. The van der Waals surface area contributed by atoms with Crippen molar-refractivity contribution in [1.82, 2.24) is 9.55 Å². The van der Waals surface area contributed by atoms with Crippen LogP contribution in [-0.4, -0.2) is 9.55 Å². The normalized spacial score (nSPS) is 12.5. The molecule has 0 aliphatic heterocycles. The summed E-state index contributed by atoms with van der Waals surface area (Å²) in [6.45, 7) is 4.89. The lowest BCUT2D eigenvalue weighted by molar-refractivity contribution is 0.498. The van der Waals surface area contributed by atoms with Crippen molar-refractivity contribution >= 4 is 5.82 Å². The highest BCUT2D eigenvalue weighted by molar-refractivity contribution is 5.38. The van der Waals surface area contributed by atoms with Crippen molar-refractivity contribution in [3.8, 4) is 0 Å². The summed E-state index contributed by atoms with van der Waals surface area (Å²) in [6, 6.07) is 4.83. The van der Waals surface area contributed by atoms with E-state index in [9.17, 15) is 18.4 Å². The number of halogens is 2. The van der Waals surface area contributed by atoms with Crippen LogP contribution in [0.25, 0.3) is 0 Å². The van der Waals surface area contributed by atoms with Crippen LogP contribution in [-0.2, 0) is 0 Å². The van der Waals surface area contributed by atoms with Gasteiger partial charge in [0.1, 0.15) is 11.6 Å². The van der Waals surface area contributed by atoms with Gasteiger partial charge in [0.15, 0.2) is 0 Å². The second-order valence-electron chi connectivity index (χ2n) is 5.31. The Balaban J connectivity index is 2.39. The fourth-order valence-electron chi connectivity index (χ4n) is 2.17. The number of benzene rings is 1. The molecule has 0 spiro atoms. The van der Waals surface area contributed by atoms with Crippen molar-refractivity contribution < 1.29 is 8.78 Å². The highest BCUT2D eigenvalue weighted by Gasteiger charge is 2.17. The molecule has 2 rings (SSSR count). The molecule has 0 saturated carbocycles. The van der Waals surface area contributed by atoms with Gasteiger partial charge in [-0.15, -0.1) is 0 Å². The zero-order valence-electron chi connectivity index (χ0n) is 12.5. The van der Waals surface area contributed by atoms with Crippen LogP contribution in [0.3, 0.4) is 0 Å². The van der Waals surface area contributed by atoms with E-state index in [-0.39, 0.29) is 5.82 Å². The molecule has 0 aliphatic rings. The van der Waals surface area contributed by atoms with Gasteiger partial charge < -0.3 is 5.32 Å². The van der Waals surface area contributed by atoms with Crippen molar-refractivity contribution in [3.05, 3.63) is 62.3 Å². The van der Waals surface area contributed by atoms with Crippen LogP contribution in [0.2, 0.25) is 0 Å². The Morgan fingerprint density at radius 3 is 2.45 bits per heavy atom. The maximum absolute atomic E-state index is 14.1. The highest BCUT2D eigenvalue weighted by atomic mass is 19.1. The van der Waals surface area contributed by atoms with E-state index in [1.807, 2.05) is 0 Å². The minimum Gasteiger partial charge on any atom is -0.362 e. The van der Waals surface area contributed by atoms with E-state index in [2.05, 4.69) is 10.3 Å². The summed E-state index contributed by atoms with van der Waals surface area (Å²) < 4.78 is 28.1. The Hall–Kier alpha value is -2.44. The second kappa shape index (κ2) is 6.13. The number of nitrogens with zero attached hydrogens (tertiary/aromatic N) is 1. The Bertz CT molecular complexity index is 796. The quantitative estimate of drug-likeness (QED) is 0.912. The third-order valence-electron chi connectivity index (χ3n) is 3.30. The lowest BCUT2D eigenvalue weighted by atomic mass is 10.1. The largest absolute Gasteiger partial charge is 0.362 e. The van der Waals surface area contributed by atoms with Crippen LogP contribution in [0.4, 0.5) is 14.6 Å². The lowest BCUT2D eigenvalue weighted by Gasteiger charge is -2.17. The number of rotatable bonds is 4. The van der Waals surface area contributed by atoms with Crippen LogP contribution in [0.5, 0.6) is 0 Å². The molecule has 2 aromatic rings. The van der Waals surface area contributed by atoms with Gasteiger partial charge in [0.05, 0.1) is 6.04 Å². The van der Waals surface area contributed by atoms with Crippen LogP contribution in [0, 0.1) is 11.6 Å². The molecule has 22 heavy (non-hydrogen) atoms. The zero-order valence-corrected chi connectivity index (χ0v) is 12.5. The smallest absolute Gasteiger partial charge is 0.330 e. The second-order valence-corrected chi connectivity index (χ2v) is 5.31. The monoisotopic (exact) mass is 309 g/mol. The predicted molar refractivity (Wildman–Crippen MR) is 80.1 cm³/mol. The van der Waals surface area contributed by atoms with E-state index >= 15 is 0 Å². The number of H-pyrrole nitrogens is 1. The molecular formula is C15H17F2N3O2. The SMILES string of the molecule is CC(Nc1[nH]c(=O)n(C(C)C)c(=O)c1F)c1cccc(F)c1. The van der Waals surface area contributed by atoms with E-state index in [0.717, 1.165) is 4.57 Å². The molecule has 2 N–H and O–H groups in total. The standard InChI is InChI=1S/C15H17F2N3O2/c1-8(2)20-14(21)12(17)13(19-15(20)22)18-9(3)10-5-4-6-11(16)7-10/h4-9,18H,1-3H3,(H,19,22). The summed E-state index contributed by atoms with van der Waals surface area (Å²) in [4.78, 5) is 26.1. The van der Waals surface area contributed by atoms with E-state index in [1.54, 1.807) is 26.8 Å². The molecule has 7 heteroatoms. The molecule has 0 amide bonds. The minimum atomic E-state index is -1.07. The van der Waals surface area contributed by atoms with Gasteiger partial charge in [-0.1, -0.05) is 12.1 Å². The molecule has 0 aliphatic carbocycles. The molecule has 1 aromatic carbocycles. The molecule has 1 heterocycles. The Morgan fingerprint density at radius 2 is 1.86 bits per heavy atom. The average molecular weight is 309 g/mol. The number of hydrogen-bond donors (Lipinski definition) is 2.